The lowest BCUT2D eigenvalue weighted by Crippen LogP contribution is -2.20. The number of amides is 1. The number of H-pyrrole nitrogens is 1. The van der Waals surface area contributed by atoms with E-state index < -0.39 is 0 Å². The maximum Gasteiger partial charge on any atom is 0.263 e. The Morgan fingerprint density at radius 3 is 3.19 bits per heavy atom. The fraction of sp³-hybridized carbons (Fsp3) is 0.222. The molecule has 7 nitrogen and oxygen atoms in total. The number of carbonyl (C=O) groups is 1. The molecule has 0 atom stereocenters. The summed E-state index contributed by atoms with van der Waals surface area (Å²) in [6, 6.07) is 3.24. The van der Waals surface area contributed by atoms with Gasteiger partial charge in [0.25, 0.3) is 11.8 Å². The highest BCUT2D eigenvalue weighted by Gasteiger charge is 2.06. The molecule has 0 aliphatic rings. The molecule has 0 saturated heterocycles. The summed E-state index contributed by atoms with van der Waals surface area (Å²) in [5, 5.41) is 12.4. The Labute approximate surface area is 90.8 Å². The molecular formula is C9H10N4O3. The number of ether oxygens (including phenoxy) is 1. The van der Waals surface area contributed by atoms with Gasteiger partial charge in [0.1, 0.15) is 11.6 Å². The molecule has 2 heterocycles. The number of rotatable bonds is 4. The molecule has 2 aromatic rings. The van der Waals surface area contributed by atoms with Gasteiger partial charge in [-0.2, -0.15) is 5.10 Å². The lowest BCUT2D eigenvalue weighted by atomic mass is 10.5. The van der Waals surface area contributed by atoms with Crippen LogP contribution in [-0.2, 0) is 4.79 Å². The van der Waals surface area contributed by atoms with Crippen molar-refractivity contribution in [1.82, 2.24) is 15.4 Å². The molecule has 0 aliphatic carbocycles. The average molecular weight is 222 g/mol. The van der Waals surface area contributed by atoms with E-state index in [0.29, 0.717) is 11.6 Å². The van der Waals surface area contributed by atoms with E-state index in [-0.39, 0.29) is 18.4 Å². The van der Waals surface area contributed by atoms with Crippen molar-refractivity contribution in [3.05, 3.63) is 24.1 Å². The predicted molar refractivity (Wildman–Crippen MR) is 54.0 cm³/mol. The van der Waals surface area contributed by atoms with Gasteiger partial charge in [-0.15, -0.1) is 0 Å². The molecule has 0 bridgehead atoms. The summed E-state index contributed by atoms with van der Waals surface area (Å²) in [6.45, 7) is 1.61. The van der Waals surface area contributed by atoms with E-state index in [1.165, 1.54) is 6.20 Å². The third-order valence-electron chi connectivity index (χ3n) is 1.73. The van der Waals surface area contributed by atoms with Crippen LogP contribution in [0.4, 0.5) is 5.82 Å². The lowest BCUT2D eigenvalue weighted by Gasteiger charge is -2.02. The molecule has 0 saturated carbocycles. The van der Waals surface area contributed by atoms with Crippen molar-refractivity contribution >= 4 is 11.7 Å². The first-order valence-corrected chi connectivity index (χ1v) is 4.59. The minimum absolute atomic E-state index is 0.134. The molecule has 0 radical (unpaired) electrons. The standard InChI is InChI=1S/C9H10N4O3/c1-6-4-9(13-16-6)15-5-8(14)11-7-2-3-10-12-7/h2-4H,5H2,1H3,(H2,10,11,12,14). The summed E-state index contributed by atoms with van der Waals surface area (Å²) < 4.78 is 9.87. The van der Waals surface area contributed by atoms with Gasteiger partial charge in [0.2, 0.25) is 0 Å². The van der Waals surface area contributed by atoms with Crippen LogP contribution in [0.3, 0.4) is 0 Å². The minimum atomic E-state index is -0.301. The second kappa shape index (κ2) is 4.47. The molecule has 0 unspecified atom stereocenters. The highest BCUT2D eigenvalue weighted by atomic mass is 16.5. The fourth-order valence-electron chi connectivity index (χ4n) is 1.06. The van der Waals surface area contributed by atoms with Crippen LogP contribution in [0.1, 0.15) is 5.76 Å². The second-order valence-corrected chi connectivity index (χ2v) is 3.08. The van der Waals surface area contributed by atoms with E-state index in [1.807, 2.05) is 0 Å². The topological polar surface area (TPSA) is 93.0 Å². The summed E-state index contributed by atoms with van der Waals surface area (Å²) in [6.07, 6.45) is 1.54. The zero-order chi connectivity index (χ0) is 11.4. The van der Waals surface area contributed by atoms with Gasteiger partial charge in [-0.1, -0.05) is 0 Å². The molecule has 2 rings (SSSR count). The normalized spacial score (nSPS) is 10.1. The molecule has 16 heavy (non-hydrogen) atoms. The van der Waals surface area contributed by atoms with Crippen LogP contribution < -0.4 is 10.1 Å². The summed E-state index contributed by atoms with van der Waals surface area (Å²) in [5.41, 5.74) is 0. The molecule has 0 fully saturated rings. The fourth-order valence-corrected chi connectivity index (χ4v) is 1.06. The van der Waals surface area contributed by atoms with Crippen LogP contribution in [0.15, 0.2) is 22.9 Å². The van der Waals surface area contributed by atoms with Crippen molar-refractivity contribution in [3.8, 4) is 5.88 Å². The van der Waals surface area contributed by atoms with E-state index in [1.54, 1.807) is 19.1 Å². The number of anilines is 1. The molecular weight excluding hydrogens is 212 g/mol. The number of carbonyl (C=O) groups excluding carboxylic acids is 1. The van der Waals surface area contributed by atoms with Crippen LogP contribution in [0, 0.1) is 6.92 Å². The van der Waals surface area contributed by atoms with Crippen molar-refractivity contribution in [3.63, 3.8) is 0 Å². The number of hydrogen-bond acceptors (Lipinski definition) is 5. The second-order valence-electron chi connectivity index (χ2n) is 3.08. The first-order valence-electron chi connectivity index (χ1n) is 4.59. The van der Waals surface area contributed by atoms with E-state index in [0.717, 1.165) is 0 Å². The minimum Gasteiger partial charge on any atom is -0.465 e. The summed E-state index contributed by atoms with van der Waals surface area (Å²) in [4.78, 5) is 11.3. The molecule has 2 aromatic heterocycles. The van der Waals surface area contributed by atoms with Gasteiger partial charge >= 0.3 is 0 Å². The van der Waals surface area contributed by atoms with E-state index in [9.17, 15) is 4.79 Å². The molecule has 0 aromatic carbocycles. The van der Waals surface area contributed by atoms with Crippen molar-refractivity contribution in [1.29, 1.82) is 0 Å². The van der Waals surface area contributed by atoms with Gasteiger partial charge in [0.15, 0.2) is 6.61 Å². The Balaban J connectivity index is 1.80. The SMILES string of the molecule is Cc1cc(OCC(=O)Nc2ccn[nH]2)no1. The molecule has 84 valence electrons. The van der Waals surface area contributed by atoms with Crippen LogP contribution >= 0.6 is 0 Å². The Hall–Kier alpha value is -2.31. The number of nitrogens with one attached hydrogen (secondary N) is 2. The first-order chi connectivity index (χ1) is 7.74. The van der Waals surface area contributed by atoms with Crippen LogP contribution in [0.2, 0.25) is 0 Å². The summed E-state index contributed by atoms with van der Waals surface area (Å²) in [5.74, 6) is 1.14. The lowest BCUT2D eigenvalue weighted by molar-refractivity contribution is -0.118. The Morgan fingerprint density at radius 1 is 1.69 bits per heavy atom. The van der Waals surface area contributed by atoms with Gasteiger partial charge in [-0.25, -0.2) is 0 Å². The van der Waals surface area contributed by atoms with E-state index >= 15 is 0 Å². The van der Waals surface area contributed by atoms with Crippen molar-refractivity contribution in [2.24, 2.45) is 0 Å². The van der Waals surface area contributed by atoms with Crippen LogP contribution in [-0.4, -0.2) is 27.9 Å². The van der Waals surface area contributed by atoms with Gasteiger partial charge < -0.3 is 14.6 Å². The smallest absolute Gasteiger partial charge is 0.263 e. The number of hydrogen-bond donors (Lipinski definition) is 2. The van der Waals surface area contributed by atoms with Gasteiger partial charge in [-0.05, 0) is 12.1 Å². The van der Waals surface area contributed by atoms with Crippen LogP contribution in [0.5, 0.6) is 5.88 Å². The molecule has 0 spiro atoms. The third-order valence-corrected chi connectivity index (χ3v) is 1.73. The number of nitrogens with zero attached hydrogens (tertiary/aromatic N) is 2. The van der Waals surface area contributed by atoms with Gasteiger partial charge in [-0.3, -0.25) is 9.89 Å². The Bertz CT molecular complexity index is 463. The Morgan fingerprint density at radius 2 is 2.56 bits per heavy atom. The monoisotopic (exact) mass is 222 g/mol. The van der Waals surface area contributed by atoms with E-state index in [2.05, 4.69) is 20.7 Å². The van der Waals surface area contributed by atoms with Crippen LogP contribution in [0.25, 0.3) is 0 Å². The highest BCUT2D eigenvalue weighted by molar-refractivity contribution is 5.90. The largest absolute Gasteiger partial charge is 0.465 e. The molecule has 0 aliphatic heterocycles. The van der Waals surface area contributed by atoms with Crippen molar-refractivity contribution < 1.29 is 14.1 Å². The summed E-state index contributed by atoms with van der Waals surface area (Å²) in [7, 11) is 0. The maximum absolute atomic E-state index is 11.3. The van der Waals surface area contributed by atoms with Crippen molar-refractivity contribution in [2.75, 3.05) is 11.9 Å². The zero-order valence-corrected chi connectivity index (χ0v) is 8.56. The first kappa shape index (κ1) is 10.2. The summed E-state index contributed by atoms with van der Waals surface area (Å²) >= 11 is 0. The molecule has 7 heteroatoms. The molecule has 2 N–H and O–H groups in total. The maximum atomic E-state index is 11.3. The number of aromatic amines is 1. The zero-order valence-electron chi connectivity index (χ0n) is 8.56. The van der Waals surface area contributed by atoms with Gasteiger partial charge in [0, 0.05) is 12.1 Å². The Kier molecular flexibility index (Phi) is 2.86. The predicted octanol–water partition coefficient (Wildman–Crippen LogP) is 0.724. The van der Waals surface area contributed by atoms with E-state index in [4.69, 9.17) is 9.26 Å². The average Bonchev–Trinajstić information content (AvgIpc) is 2.87. The quantitative estimate of drug-likeness (QED) is 0.795. The number of aromatic nitrogens is 3. The van der Waals surface area contributed by atoms with Gasteiger partial charge in [0.05, 0.1) is 6.20 Å². The third kappa shape index (κ3) is 2.59. The highest BCUT2D eigenvalue weighted by Crippen LogP contribution is 2.09. The van der Waals surface area contributed by atoms with Crippen molar-refractivity contribution in [2.45, 2.75) is 6.92 Å². The molecule has 1 amide bonds. The number of aryl methyl sites for hydroxylation is 1.